The van der Waals surface area contributed by atoms with Gasteiger partial charge in [-0.2, -0.15) is 5.10 Å². The van der Waals surface area contributed by atoms with Crippen LogP contribution in [-0.2, 0) is 13.6 Å². The van der Waals surface area contributed by atoms with Gasteiger partial charge in [0.25, 0.3) is 5.56 Å². The molecule has 1 aromatic heterocycles. The molecule has 6 heteroatoms. The van der Waals surface area contributed by atoms with Gasteiger partial charge in [-0.1, -0.05) is 18.2 Å². The largest absolute Gasteiger partial charge is 0.338 e. The first-order valence-corrected chi connectivity index (χ1v) is 6.10. The molecule has 6 nitrogen and oxygen atoms in total. The molecule has 0 bridgehead atoms. The highest BCUT2D eigenvalue weighted by molar-refractivity contribution is 5.84. The Bertz CT molecular complexity index is 663. The first kappa shape index (κ1) is 13.1. The lowest BCUT2D eigenvalue weighted by atomic mass is 10.1. The van der Waals surface area contributed by atoms with Gasteiger partial charge in [-0.3, -0.25) is 4.79 Å². The van der Waals surface area contributed by atoms with Gasteiger partial charge in [-0.25, -0.2) is 9.48 Å². The third-order valence-corrected chi connectivity index (χ3v) is 2.79. The standard InChI is InChI=1S/C13H16N4O2/c1-3-14-13(19)15-8-11-9-6-4-5-7-10(9)12(18)17(2)16-11/h4-7H,3,8H2,1-2H3,(H2,14,15,19). The minimum atomic E-state index is -0.248. The van der Waals surface area contributed by atoms with Crippen LogP contribution in [0.5, 0.6) is 0 Å². The molecule has 0 saturated heterocycles. The van der Waals surface area contributed by atoms with Crippen LogP contribution in [0.4, 0.5) is 4.79 Å². The van der Waals surface area contributed by atoms with Crippen LogP contribution in [0.1, 0.15) is 12.6 Å². The lowest BCUT2D eigenvalue weighted by molar-refractivity contribution is 0.241. The molecule has 0 radical (unpaired) electrons. The molecule has 0 spiro atoms. The Hall–Kier alpha value is -2.37. The first-order valence-electron chi connectivity index (χ1n) is 6.10. The second-order valence-electron chi connectivity index (χ2n) is 4.13. The molecule has 2 aromatic rings. The van der Waals surface area contributed by atoms with Crippen LogP contribution < -0.4 is 16.2 Å². The van der Waals surface area contributed by atoms with Gasteiger partial charge in [0.15, 0.2) is 0 Å². The molecule has 19 heavy (non-hydrogen) atoms. The third-order valence-electron chi connectivity index (χ3n) is 2.79. The molecule has 100 valence electrons. The zero-order valence-corrected chi connectivity index (χ0v) is 10.9. The van der Waals surface area contributed by atoms with E-state index >= 15 is 0 Å². The van der Waals surface area contributed by atoms with Crippen molar-refractivity contribution < 1.29 is 4.79 Å². The van der Waals surface area contributed by atoms with Crippen molar-refractivity contribution in [3.05, 3.63) is 40.3 Å². The van der Waals surface area contributed by atoms with E-state index in [4.69, 9.17) is 0 Å². The van der Waals surface area contributed by atoms with Gasteiger partial charge in [-0.15, -0.1) is 0 Å². The summed E-state index contributed by atoms with van der Waals surface area (Å²) in [6, 6.07) is 7.00. The maximum absolute atomic E-state index is 11.9. The molecular formula is C13H16N4O2. The molecule has 0 aliphatic heterocycles. The second kappa shape index (κ2) is 5.51. The Labute approximate surface area is 110 Å². The number of carbonyl (C=O) groups excluding carboxylic acids is 1. The highest BCUT2D eigenvalue weighted by Gasteiger charge is 2.09. The molecular weight excluding hydrogens is 244 g/mol. The topological polar surface area (TPSA) is 76.0 Å². The summed E-state index contributed by atoms with van der Waals surface area (Å²) in [4.78, 5) is 23.3. The van der Waals surface area contributed by atoms with E-state index in [9.17, 15) is 9.59 Å². The van der Waals surface area contributed by atoms with E-state index in [1.54, 1.807) is 13.1 Å². The molecule has 0 saturated carbocycles. The van der Waals surface area contributed by atoms with Crippen LogP contribution in [-0.4, -0.2) is 22.4 Å². The molecule has 2 rings (SSSR count). The van der Waals surface area contributed by atoms with Crippen molar-refractivity contribution in [2.24, 2.45) is 7.05 Å². The van der Waals surface area contributed by atoms with Crippen molar-refractivity contribution in [2.75, 3.05) is 6.54 Å². The van der Waals surface area contributed by atoms with Crippen LogP contribution in [0.15, 0.2) is 29.1 Å². The van der Waals surface area contributed by atoms with Gasteiger partial charge < -0.3 is 10.6 Å². The molecule has 0 fully saturated rings. The van der Waals surface area contributed by atoms with Crippen molar-refractivity contribution in [3.8, 4) is 0 Å². The summed E-state index contributed by atoms with van der Waals surface area (Å²) in [7, 11) is 1.60. The minimum Gasteiger partial charge on any atom is -0.338 e. The first-order chi connectivity index (χ1) is 9.13. The van der Waals surface area contributed by atoms with Crippen molar-refractivity contribution in [2.45, 2.75) is 13.5 Å². The number of hydrogen-bond acceptors (Lipinski definition) is 3. The number of benzene rings is 1. The molecule has 2 amide bonds. The summed E-state index contributed by atoms with van der Waals surface area (Å²) >= 11 is 0. The van der Waals surface area contributed by atoms with Crippen LogP contribution in [0.2, 0.25) is 0 Å². The smallest absolute Gasteiger partial charge is 0.315 e. The number of carbonyl (C=O) groups is 1. The van der Waals surface area contributed by atoms with E-state index in [0.717, 1.165) is 5.39 Å². The van der Waals surface area contributed by atoms with Gasteiger partial charge in [0.05, 0.1) is 17.6 Å². The highest BCUT2D eigenvalue weighted by Crippen LogP contribution is 2.12. The predicted octanol–water partition coefficient (Wildman–Crippen LogP) is 0.753. The van der Waals surface area contributed by atoms with Gasteiger partial charge in [0, 0.05) is 19.0 Å². The van der Waals surface area contributed by atoms with Gasteiger partial charge >= 0.3 is 6.03 Å². The number of nitrogens with zero attached hydrogens (tertiary/aromatic N) is 2. The summed E-state index contributed by atoms with van der Waals surface area (Å²) in [6.07, 6.45) is 0. The Morgan fingerprint density at radius 2 is 1.95 bits per heavy atom. The lowest BCUT2D eigenvalue weighted by Gasteiger charge is -2.09. The maximum atomic E-state index is 11.9. The van der Waals surface area contributed by atoms with E-state index in [2.05, 4.69) is 15.7 Å². The Balaban J connectivity index is 2.36. The number of aryl methyl sites for hydroxylation is 1. The normalized spacial score (nSPS) is 10.4. The van der Waals surface area contributed by atoms with Gasteiger partial charge in [0.2, 0.25) is 0 Å². The fourth-order valence-corrected chi connectivity index (χ4v) is 1.89. The highest BCUT2D eigenvalue weighted by atomic mass is 16.2. The molecule has 0 unspecified atom stereocenters. The summed E-state index contributed by atoms with van der Waals surface area (Å²) in [5.74, 6) is 0. The fourth-order valence-electron chi connectivity index (χ4n) is 1.89. The quantitative estimate of drug-likeness (QED) is 0.855. The maximum Gasteiger partial charge on any atom is 0.315 e. The molecule has 0 atom stereocenters. The zero-order chi connectivity index (χ0) is 13.8. The van der Waals surface area contributed by atoms with Crippen molar-refractivity contribution in [3.63, 3.8) is 0 Å². The average molecular weight is 260 g/mol. The Morgan fingerprint density at radius 3 is 2.63 bits per heavy atom. The summed E-state index contributed by atoms with van der Waals surface area (Å²) in [6.45, 7) is 2.69. The van der Waals surface area contributed by atoms with E-state index in [1.165, 1.54) is 4.68 Å². The summed E-state index contributed by atoms with van der Waals surface area (Å²) < 4.78 is 1.29. The van der Waals surface area contributed by atoms with Crippen molar-refractivity contribution in [1.82, 2.24) is 20.4 Å². The number of amides is 2. The number of hydrogen-bond donors (Lipinski definition) is 2. The number of nitrogens with one attached hydrogen (secondary N) is 2. The predicted molar refractivity (Wildman–Crippen MR) is 72.9 cm³/mol. The van der Waals surface area contributed by atoms with Crippen LogP contribution in [0.25, 0.3) is 10.8 Å². The molecule has 1 aromatic carbocycles. The summed E-state index contributed by atoms with van der Waals surface area (Å²) in [5.41, 5.74) is 0.529. The number of rotatable bonds is 3. The number of aromatic nitrogens is 2. The monoisotopic (exact) mass is 260 g/mol. The van der Waals surface area contributed by atoms with Gasteiger partial charge in [0.1, 0.15) is 0 Å². The number of fused-ring (bicyclic) bond motifs is 1. The second-order valence-corrected chi connectivity index (χ2v) is 4.13. The number of urea groups is 1. The van der Waals surface area contributed by atoms with E-state index in [1.807, 2.05) is 25.1 Å². The fraction of sp³-hybridized carbons (Fsp3) is 0.308. The van der Waals surface area contributed by atoms with Crippen molar-refractivity contribution >= 4 is 16.8 Å². The van der Waals surface area contributed by atoms with Gasteiger partial charge in [-0.05, 0) is 13.0 Å². The minimum absolute atomic E-state index is 0.141. The van der Waals surface area contributed by atoms with Crippen molar-refractivity contribution in [1.29, 1.82) is 0 Å². The van der Waals surface area contributed by atoms with E-state index < -0.39 is 0 Å². The lowest BCUT2D eigenvalue weighted by Crippen LogP contribution is -2.35. The zero-order valence-electron chi connectivity index (χ0n) is 10.9. The van der Waals surface area contributed by atoms with E-state index in [-0.39, 0.29) is 18.1 Å². The average Bonchev–Trinajstić information content (AvgIpc) is 2.42. The van der Waals surface area contributed by atoms with E-state index in [0.29, 0.717) is 17.6 Å². The van der Waals surface area contributed by atoms with Crippen LogP contribution in [0.3, 0.4) is 0 Å². The summed E-state index contributed by atoms with van der Waals surface area (Å²) in [5, 5.41) is 10.9. The Kier molecular flexibility index (Phi) is 3.79. The van der Waals surface area contributed by atoms with Crippen LogP contribution in [0, 0.1) is 0 Å². The molecule has 1 heterocycles. The molecule has 0 aliphatic carbocycles. The third kappa shape index (κ3) is 2.73. The molecule has 2 N–H and O–H groups in total. The van der Waals surface area contributed by atoms with Crippen LogP contribution >= 0.6 is 0 Å². The molecule has 0 aliphatic rings. The SMILES string of the molecule is CCNC(=O)NCc1nn(C)c(=O)c2ccccc12. The Morgan fingerprint density at radius 1 is 1.26 bits per heavy atom.